The van der Waals surface area contributed by atoms with Gasteiger partial charge in [0, 0.05) is 35.9 Å². The van der Waals surface area contributed by atoms with Crippen molar-refractivity contribution < 1.29 is 44.3 Å². The molecule has 0 saturated heterocycles. The van der Waals surface area contributed by atoms with Crippen LogP contribution in [0.15, 0.2) is 88.8 Å². The molecular weight excluding hydrogens is 770 g/mol. The third-order valence-electron chi connectivity index (χ3n) is 9.54. The van der Waals surface area contributed by atoms with Crippen LogP contribution in [0.4, 0.5) is 13.2 Å². The van der Waals surface area contributed by atoms with Crippen molar-refractivity contribution in [1.29, 1.82) is 0 Å². The fourth-order valence-corrected chi connectivity index (χ4v) is 9.26. The van der Waals surface area contributed by atoms with Gasteiger partial charge in [0.1, 0.15) is 28.1 Å². The lowest BCUT2D eigenvalue weighted by atomic mass is 9.97. The number of ether oxygens (including phenoxy) is 2. The number of benzene rings is 4. The van der Waals surface area contributed by atoms with E-state index in [0.717, 1.165) is 34.1 Å². The molecule has 0 aliphatic carbocycles. The number of hydrogen-bond donors (Lipinski definition) is 2. The molecule has 1 aliphatic rings. The van der Waals surface area contributed by atoms with E-state index in [0.29, 0.717) is 41.9 Å². The summed E-state index contributed by atoms with van der Waals surface area (Å²) in [7, 11) is -8.51. The van der Waals surface area contributed by atoms with Crippen molar-refractivity contribution in [1.82, 2.24) is 19.3 Å². The maximum Gasteiger partial charge on any atom is 0.306 e. The van der Waals surface area contributed by atoms with Crippen molar-refractivity contribution in [3.63, 3.8) is 0 Å². The summed E-state index contributed by atoms with van der Waals surface area (Å²) < 4.78 is 113. The molecule has 4 aromatic carbocycles. The van der Waals surface area contributed by atoms with Gasteiger partial charge in [-0.25, -0.2) is 39.0 Å². The number of fused-ring (bicyclic) bond motifs is 2. The van der Waals surface area contributed by atoms with Gasteiger partial charge < -0.3 is 19.8 Å². The lowest BCUT2D eigenvalue weighted by Gasteiger charge is -2.19. The topological polar surface area (TPSA) is 149 Å². The summed E-state index contributed by atoms with van der Waals surface area (Å²) in [4.78, 5) is 19.1. The van der Waals surface area contributed by atoms with E-state index in [4.69, 9.17) is 9.47 Å². The first-order chi connectivity index (χ1) is 26.7. The van der Waals surface area contributed by atoms with Crippen LogP contribution in [0, 0.1) is 24.4 Å². The van der Waals surface area contributed by atoms with Crippen LogP contribution in [0.3, 0.4) is 0 Å². The van der Waals surface area contributed by atoms with E-state index in [2.05, 4.69) is 15.3 Å². The molecule has 3 heterocycles. The number of carbonyl (C=O) groups excluding carboxylic acids is 1. The predicted molar refractivity (Wildman–Crippen MR) is 202 cm³/mol. The van der Waals surface area contributed by atoms with E-state index in [-0.39, 0.29) is 52.4 Å². The van der Waals surface area contributed by atoms with Gasteiger partial charge >= 0.3 is 5.97 Å². The zero-order valence-electron chi connectivity index (χ0n) is 30.5. The van der Waals surface area contributed by atoms with E-state index in [9.17, 15) is 21.6 Å². The monoisotopic (exact) mass is 806 g/mol. The van der Waals surface area contributed by atoms with Gasteiger partial charge in [0.15, 0.2) is 21.4 Å². The number of H-pyrrole nitrogens is 1. The van der Waals surface area contributed by atoms with E-state index in [1.54, 1.807) is 44.2 Å². The highest BCUT2D eigenvalue weighted by molar-refractivity contribution is 7.91. The van der Waals surface area contributed by atoms with Gasteiger partial charge in [-0.1, -0.05) is 35.9 Å². The summed E-state index contributed by atoms with van der Waals surface area (Å²) >= 11 is 0. The highest BCUT2D eigenvalue weighted by atomic mass is 32.2. The smallest absolute Gasteiger partial charge is 0.306 e. The molecule has 0 bridgehead atoms. The summed E-state index contributed by atoms with van der Waals surface area (Å²) in [5, 5.41) is 3.23. The molecule has 0 saturated carbocycles. The van der Waals surface area contributed by atoms with Crippen molar-refractivity contribution in [3.05, 3.63) is 125 Å². The molecule has 1 aliphatic heterocycles. The van der Waals surface area contributed by atoms with Crippen molar-refractivity contribution >= 4 is 36.7 Å². The second kappa shape index (κ2) is 15.2. The van der Waals surface area contributed by atoms with Gasteiger partial charge in [0.05, 0.1) is 40.0 Å². The Balaban J connectivity index is 1.24. The Labute approximate surface area is 321 Å². The number of esters is 1. The van der Waals surface area contributed by atoms with Crippen LogP contribution in [0.2, 0.25) is 0 Å². The van der Waals surface area contributed by atoms with Gasteiger partial charge in [-0.15, -0.1) is 0 Å². The van der Waals surface area contributed by atoms with Crippen molar-refractivity contribution in [3.8, 4) is 22.9 Å². The minimum Gasteiger partial charge on any atom is -0.466 e. The molecular formula is C40H37F3N4O7S2. The summed E-state index contributed by atoms with van der Waals surface area (Å²) in [6.45, 7) is 4.25. The van der Waals surface area contributed by atoms with E-state index < -0.39 is 60.0 Å². The number of aromatic nitrogens is 3. The lowest BCUT2D eigenvalue weighted by molar-refractivity contribution is -0.143. The molecule has 0 fully saturated rings. The van der Waals surface area contributed by atoms with Crippen LogP contribution < -0.4 is 10.1 Å². The number of imidazole rings is 1. The number of aryl methyl sites for hydroxylation is 3. The maximum atomic E-state index is 16.0. The number of nitrogens with zero attached hydrogens (tertiary/aromatic N) is 2. The predicted octanol–water partition coefficient (Wildman–Crippen LogP) is 7.31. The standard InChI is InChI=1S/C40H37F3N4O7S2/c1-4-53-34(48)17-12-24-7-5-8-28(35(24)43)36-37-32(9-6-19-44-36)45-40(46-37)29-21-25(13-16-30(29)41)54-38-31(42)22-33-27(39(38)55(3,49)50)18-20-47(33)56(51,52)26-14-10-23(2)11-15-26/h5,7-8,10-11,13-16,18,20-22,36,44H,4,6,9,12,17,19H2,1-3H3,(H,45,46). The molecule has 16 heteroatoms. The minimum absolute atomic E-state index is 0.00949. The van der Waals surface area contributed by atoms with Crippen LogP contribution in [0.5, 0.6) is 11.5 Å². The zero-order chi connectivity index (χ0) is 39.9. The Morgan fingerprint density at radius 2 is 1.75 bits per heavy atom. The molecule has 2 N–H and O–H groups in total. The van der Waals surface area contributed by atoms with Crippen molar-refractivity contribution in [2.75, 3.05) is 19.4 Å². The van der Waals surface area contributed by atoms with Crippen LogP contribution in [-0.2, 0) is 42.2 Å². The number of rotatable bonds is 11. The fraction of sp³-hybridized carbons (Fsp3) is 0.250. The van der Waals surface area contributed by atoms with E-state index in [1.165, 1.54) is 30.3 Å². The van der Waals surface area contributed by atoms with Crippen LogP contribution >= 0.6 is 0 Å². The van der Waals surface area contributed by atoms with Crippen molar-refractivity contribution in [2.45, 2.75) is 55.4 Å². The number of sulfone groups is 1. The molecule has 292 valence electrons. The number of nitrogens with one attached hydrogen (secondary N) is 2. The van der Waals surface area contributed by atoms with E-state index in [1.807, 2.05) is 0 Å². The highest BCUT2D eigenvalue weighted by Gasteiger charge is 2.30. The van der Waals surface area contributed by atoms with Crippen molar-refractivity contribution in [2.24, 2.45) is 0 Å². The number of halogens is 3. The Kier molecular flexibility index (Phi) is 10.6. The molecule has 56 heavy (non-hydrogen) atoms. The SMILES string of the molecule is CCOC(=O)CCc1cccc(C2NCCCc3nc(-c4cc(Oc5c(F)cc6c(ccn6S(=O)(=O)c6ccc(C)cc6)c5S(C)(=O)=O)ccc4F)[nH]c32)c1F. The quantitative estimate of drug-likeness (QED) is 0.129. The second-order valence-corrected chi connectivity index (χ2v) is 17.2. The van der Waals surface area contributed by atoms with Gasteiger partial charge in [-0.2, -0.15) is 0 Å². The average molecular weight is 807 g/mol. The lowest BCUT2D eigenvalue weighted by Crippen LogP contribution is -2.24. The normalized spacial score (nSPS) is 14.7. The first-order valence-corrected chi connectivity index (χ1v) is 21.1. The molecule has 0 amide bonds. The third-order valence-corrected chi connectivity index (χ3v) is 12.4. The third kappa shape index (κ3) is 7.43. The first-order valence-electron chi connectivity index (χ1n) is 17.8. The van der Waals surface area contributed by atoms with Crippen LogP contribution in [0.1, 0.15) is 53.9 Å². The van der Waals surface area contributed by atoms with Gasteiger partial charge in [0.25, 0.3) is 10.0 Å². The van der Waals surface area contributed by atoms with Crippen LogP contribution in [-0.4, -0.2) is 56.2 Å². The minimum atomic E-state index is -4.26. The summed E-state index contributed by atoms with van der Waals surface area (Å²) in [6, 6.07) is 15.8. The highest BCUT2D eigenvalue weighted by Crippen LogP contribution is 2.40. The molecule has 0 spiro atoms. The average Bonchev–Trinajstić information content (AvgIpc) is 3.71. The summed E-state index contributed by atoms with van der Waals surface area (Å²) in [5.41, 5.74) is 2.22. The molecule has 11 nitrogen and oxygen atoms in total. The Morgan fingerprint density at radius 3 is 2.48 bits per heavy atom. The van der Waals surface area contributed by atoms with Gasteiger partial charge in [-0.3, -0.25) is 4.79 Å². The number of carbonyl (C=O) groups is 1. The zero-order valence-corrected chi connectivity index (χ0v) is 32.2. The van der Waals surface area contributed by atoms with Gasteiger partial charge in [0.2, 0.25) is 0 Å². The van der Waals surface area contributed by atoms with E-state index >= 15 is 13.2 Å². The van der Waals surface area contributed by atoms with Crippen LogP contribution in [0.25, 0.3) is 22.3 Å². The molecule has 7 rings (SSSR count). The summed E-state index contributed by atoms with van der Waals surface area (Å²) in [5.74, 6) is -3.60. The molecule has 2 aromatic heterocycles. The molecule has 1 atom stereocenters. The summed E-state index contributed by atoms with van der Waals surface area (Å²) in [6.07, 6.45) is 3.26. The molecule has 1 unspecified atom stereocenters. The Bertz CT molecular complexity index is 2710. The second-order valence-electron chi connectivity index (χ2n) is 13.5. The maximum absolute atomic E-state index is 16.0. The number of aromatic amines is 1. The van der Waals surface area contributed by atoms with Gasteiger partial charge in [-0.05, 0) is 81.6 Å². The fourth-order valence-electron chi connectivity index (χ4n) is 6.88. The molecule has 0 radical (unpaired) electrons. The molecule has 6 aromatic rings. The Hall–Kier alpha value is -5.45. The Morgan fingerprint density at radius 1 is 0.982 bits per heavy atom. The largest absolute Gasteiger partial charge is 0.466 e. The number of hydrogen-bond acceptors (Lipinski definition) is 9. The first kappa shape index (κ1) is 38.8.